The minimum Gasteiger partial charge on any atom is -0.485 e. The second kappa shape index (κ2) is 4.76. The average Bonchev–Trinajstić information content (AvgIpc) is 2.93. The SMILES string of the molecule is CC1(C)Oc2ccc(C#N)cc2C(N2CCCC2)C1O. The summed E-state index contributed by atoms with van der Waals surface area (Å²) in [7, 11) is 0. The minimum atomic E-state index is -0.617. The zero-order valence-electron chi connectivity index (χ0n) is 12.0. The van der Waals surface area contributed by atoms with E-state index < -0.39 is 11.7 Å². The van der Waals surface area contributed by atoms with E-state index in [1.807, 2.05) is 26.0 Å². The average molecular weight is 272 g/mol. The molecule has 20 heavy (non-hydrogen) atoms. The fraction of sp³-hybridized carbons (Fsp3) is 0.562. The molecular formula is C16H20N2O2. The first kappa shape index (κ1) is 13.4. The van der Waals surface area contributed by atoms with Crippen LogP contribution in [0.2, 0.25) is 0 Å². The number of ether oxygens (including phenoxy) is 1. The van der Waals surface area contributed by atoms with E-state index in [9.17, 15) is 5.11 Å². The van der Waals surface area contributed by atoms with E-state index in [1.165, 1.54) is 0 Å². The molecule has 2 unspecified atom stereocenters. The van der Waals surface area contributed by atoms with E-state index in [1.54, 1.807) is 6.07 Å². The summed E-state index contributed by atoms with van der Waals surface area (Å²) in [5.41, 5.74) is 0.940. The zero-order chi connectivity index (χ0) is 14.3. The lowest BCUT2D eigenvalue weighted by Crippen LogP contribution is -2.53. The monoisotopic (exact) mass is 272 g/mol. The van der Waals surface area contributed by atoms with Gasteiger partial charge in [0.1, 0.15) is 17.5 Å². The van der Waals surface area contributed by atoms with Gasteiger partial charge in [-0.2, -0.15) is 5.26 Å². The molecule has 2 aliphatic rings. The van der Waals surface area contributed by atoms with Crippen LogP contribution in [0.5, 0.6) is 5.75 Å². The summed E-state index contributed by atoms with van der Waals surface area (Å²) in [6, 6.07) is 7.57. The van der Waals surface area contributed by atoms with Crippen molar-refractivity contribution in [3.8, 4) is 11.8 Å². The van der Waals surface area contributed by atoms with Gasteiger partial charge in [-0.15, -0.1) is 0 Å². The van der Waals surface area contributed by atoms with Crippen molar-refractivity contribution in [3.63, 3.8) is 0 Å². The van der Waals surface area contributed by atoms with Gasteiger partial charge in [0, 0.05) is 5.56 Å². The van der Waals surface area contributed by atoms with Crippen molar-refractivity contribution >= 4 is 0 Å². The zero-order valence-corrected chi connectivity index (χ0v) is 12.0. The predicted molar refractivity (Wildman–Crippen MR) is 75.4 cm³/mol. The van der Waals surface area contributed by atoms with Gasteiger partial charge in [-0.25, -0.2) is 0 Å². The van der Waals surface area contributed by atoms with E-state index in [0.29, 0.717) is 5.56 Å². The number of rotatable bonds is 1. The molecule has 0 spiro atoms. The first-order chi connectivity index (χ1) is 9.53. The number of hydrogen-bond acceptors (Lipinski definition) is 4. The Morgan fingerprint density at radius 2 is 2.05 bits per heavy atom. The van der Waals surface area contributed by atoms with Gasteiger partial charge in [-0.3, -0.25) is 4.90 Å². The Kier molecular flexibility index (Phi) is 3.19. The van der Waals surface area contributed by atoms with E-state index in [0.717, 1.165) is 37.2 Å². The third-order valence-corrected chi connectivity index (χ3v) is 4.38. The summed E-state index contributed by atoms with van der Waals surface area (Å²) >= 11 is 0. The third-order valence-electron chi connectivity index (χ3n) is 4.38. The molecule has 1 N–H and O–H groups in total. The molecule has 1 saturated heterocycles. The molecular weight excluding hydrogens is 252 g/mol. The van der Waals surface area contributed by atoms with Crippen LogP contribution in [0.4, 0.5) is 0 Å². The smallest absolute Gasteiger partial charge is 0.131 e. The highest BCUT2D eigenvalue weighted by molar-refractivity contribution is 5.46. The van der Waals surface area contributed by atoms with Crippen molar-refractivity contribution in [2.75, 3.05) is 13.1 Å². The fourth-order valence-corrected chi connectivity index (χ4v) is 3.25. The molecule has 4 nitrogen and oxygen atoms in total. The van der Waals surface area contributed by atoms with E-state index >= 15 is 0 Å². The van der Waals surface area contributed by atoms with Crippen LogP contribution in [0.25, 0.3) is 0 Å². The van der Waals surface area contributed by atoms with Crippen molar-refractivity contribution in [3.05, 3.63) is 29.3 Å². The quantitative estimate of drug-likeness (QED) is 0.851. The van der Waals surface area contributed by atoms with Gasteiger partial charge in [0.25, 0.3) is 0 Å². The molecule has 0 bridgehead atoms. The summed E-state index contributed by atoms with van der Waals surface area (Å²) in [6.07, 6.45) is 1.73. The molecule has 3 rings (SSSR count). The van der Waals surface area contributed by atoms with Gasteiger partial charge in [0.05, 0.1) is 17.7 Å². The first-order valence-corrected chi connectivity index (χ1v) is 7.18. The molecule has 0 saturated carbocycles. The maximum absolute atomic E-state index is 10.7. The number of aliphatic hydroxyl groups excluding tert-OH is 1. The number of nitrogens with zero attached hydrogens (tertiary/aromatic N) is 2. The maximum Gasteiger partial charge on any atom is 0.131 e. The Hall–Kier alpha value is -1.57. The lowest BCUT2D eigenvalue weighted by Gasteiger charge is -2.45. The summed E-state index contributed by atoms with van der Waals surface area (Å²) in [5, 5.41) is 19.8. The molecule has 4 heteroatoms. The number of nitriles is 1. The van der Waals surface area contributed by atoms with E-state index in [-0.39, 0.29) is 6.04 Å². The summed E-state index contributed by atoms with van der Waals surface area (Å²) in [5.74, 6) is 0.788. The maximum atomic E-state index is 10.7. The number of hydrogen-bond donors (Lipinski definition) is 1. The fourth-order valence-electron chi connectivity index (χ4n) is 3.25. The van der Waals surface area contributed by atoms with Crippen LogP contribution in [-0.2, 0) is 0 Å². The molecule has 1 aromatic rings. The van der Waals surface area contributed by atoms with Gasteiger partial charge in [0.15, 0.2) is 0 Å². The van der Waals surface area contributed by atoms with E-state index in [2.05, 4.69) is 11.0 Å². The standard InChI is InChI=1S/C16H20N2O2/c1-16(2)15(19)14(18-7-3-4-8-18)12-9-11(10-17)5-6-13(12)20-16/h5-6,9,14-15,19H,3-4,7-8H2,1-2H3. The van der Waals surface area contributed by atoms with Crippen molar-refractivity contribution < 1.29 is 9.84 Å². The molecule has 106 valence electrons. The minimum absolute atomic E-state index is 0.0791. The largest absolute Gasteiger partial charge is 0.485 e. The van der Waals surface area contributed by atoms with Crippen LogP contribution in [0.3, 0.4) is 0 Å². The molecule has 1 fully saturated rings. The van der Waals surface area contributed by atoms with Crippen molar-refractivity contribution in [1.29, 1.82) is 5.26 Å². The van der Waals surface area contributed by atoms with Crippen LogP contribution in [0.1, 0.15) is 43.9 Å². The summed E-state index contributed by atoms with van der Waals surface area (Å²) < 4.78 is 5.93. The Morgan fingerprint density at radius 3 is 2.70 bits per heavy atom. The molecule has 2 heterocycles. The van der Waals surface area contributed by atoms with Crippen molar-refractivity contribution in [2.24, 2.45) is 0 Å². The van der Waals surface area contributed by atoms with Crippen LogP contribution >= 0.6 is 0 Å². The van der Waals surface area contributed by atoms with Crippen molar-refractivity contribution in [1.82, 2.24) is 4.90 Å². The highest BCUT2D eigenvalue weighted by Crippen LogP contribution is 2.44. The van der Waals surface area contributed by atoms with Crippen LogP contribution in [-0.4, -0.2) is 34.8 Å². The topological polar surface area (TPSA) is 56.5 Å². The van der Waals surface area contributed by atoms with Crippen molar-refractivity contribution in [2.45, 2.75) is 44.4 Å². The van der Waals surface area contributed by atoms with Gasteiger partial charge in [-0.05, 0) is 58.0 Å². The molecule has 0 amide bonds. The van der Waals surface area contributed by atoms with Crippen LogP contribution in [0.15, 0.2) is 18.2 Å². The molecule has 2 aliphatic heterocycles. The summed E-state index contributed by atoms with van der Waals surface area (Å²) in [6.45, 7) is 5.83. The first-order valence-electron chi connectivity index (χ1n) is 7.18. The Bertz CT molecular complexity index is 556. The second-order valence-corrected chi connectivity index (χ2v) is 6.20. The molecule has 1 aromatic carbocycles. The molecule has 0 radical (unpaired) electrons. The van der Waals surface area contributed by atoms with E-state index in [4.69, 9.17) is 10.00 Å². The normalized spacial score (nSPS) is 28.5. The molecule has 0 aliphatic carbocycles. The number of aliphatic hydroxyl groups is 1. The van der Waals surface area contributed by atoms with Gasteiger partial charge >= 0.3 is 0 Å². The second-order valence-electron chi connectivity index (χ2n) is 6.20. The molecule has 2 atom stereocenters. The summed E-state index contributed by atoms with van der Waals surface area (Å²) in [4.78, 5) is 2.31. The number of benzene rings is 1. The Morgan fingerprint density at radius 1 is 1.35 bits per heavy atom. The molecule has 0 aromatic heterocycles. The Labute approximate surface area is 119 Å². The third kappa shape index (κ3) is 2.07. The highest BCUT2D eigenvalue weighted by atomic mass is 16.5. The van der Waals surface area contributed by atoms with Gasteiger partial charge in [-0.1, -0.05) is 0 Å². The highest BCUT2D eigenvalue weighted by Gasteiger charge is 2.45. The van der Waals surface area contributed by atoms with Gasteiger partial charge < -0.3 is 9.84 Å². The number of likely N-dealkylation sites (tertiary alicyclic amines) is 1. The predicted octanol–water partition coefficient (Wildman–Crippen LogP) is 2.23. The van der Waals surface area contributed by atoms with Crippen LogP contribution in [0, 0.1) is 11.3 Å². The van der Waals surface area contributed by atoms with Crippen LogP contribution < -0.4 is 4.74 Å². The lowest BCUT2D eigenvalue weighted by atomic mass is 9.85. The Balaban J connectivity index is 2.09. The number of fused-ring (bicyclic) bond motifs is 1. The van der Waals surface area contributed by atoms with Gasteiger partial charge in [0.2, 0.25) is 0 Å². The lowest BCUT2D eigenvalue weighted by molar-refractivity contribution is -0.0895.